The first kappa shape index (κ1) is 10.2. The number of rotatable bonds is 3. The Kier molecular flexibility index (Phi) is 4.56. The number of hydrogen-bond acceptors (Lipinski definition) is 3. The van der Waals surface area contributed by atoms with E-state index in [-0.39, 0.29) is 12.4 Å². The number of carbonyl (C=O) groups is 2. The Balaban J connectivity index is 4.09. The molecule has 0 aromatic rings. The molecule has 0 atom stereocenters. The molecular weight excluding hydrogens is 172 g/mol. The Hall–Kier alpha value is -0.810. The van der Waals surface area contributed by atoms with Crippen molar-refractivity contribution in [3.05, 3.63) is 0 Å². The van der Waals surface area contributed by atoms with Crippen LogP contribution in [-0.4, -0.2) is 41.0 Å². The van der Waals surface area contributed by atoms with Gasteiger partial charge in [-0.05, 0) is 0 Å². The highest BCUT2D eigenvalue weighted by Crippen LogP contribution is 1.90. The SMILES string of the molecule is NC(=O)N(CCCl)C(=O)CO. The van der Waals surface area contributed by atoms with Gasteiger partial charge in [0.1, 0.15) is 6.61 Å². The second kappa shape index (κ2) is 4.92. The number of aliphatic hydroxyl groups is 1. The third kappa shape index (κ3) is 3.20. The van der Waals surface area contributed by atoms with Gasteiger partial charge < -0.3 is 10.8 Å². The monoisotopic (exact) mass is 180 g/mol. The van der Waals surface area contributed by atoms with Gasteiger partial charge >= 0.3 is 6.03 Å². The van der Waals surface area contributed by atoms with Gasteiger partial charge in [-0.2, -0.15) is 0 Å². The molecule has 11 heavy (non-hydrogen) atoms. The van der Waals surface area contributed by atoms with Gasteiger partial charge in [0.05, 0.1) is 0 Å². The highest BCUT2D eigenvalue weighted by molar-refractivity contribution is 6.18. The number of imide groups is 1. The van der Waals surface area contributed by atoms with E-state index < -0.39 is 18.5 Å². The van der Waals surface area contributed by atoms with Gasteiger partial charge in [0.25, 0.3) is 5.91 Å². The van der Waals surface area contributed by atoms with E-state index in [0.717, 1.165) is 0 Å². The zero-order valence-electron chi connectivity index (χ0n) is 5.79. The van der Waals surface area contributed by atoms with Crippen molar-refractivity contribution in [1.29, 1.82) is 0 Å². The Morgan fingerprint density at radius 3 is 2.36 bits per heavy atom. The Bertz CT molecular complexity index is 162. The highest BCUT2D eigenvalue weighted by atomic mass is 35.5. The predicted molar refractivity (Wildman–Crippen MR) is 39.1 cm³/mol. The van der Waals surface area contributed by atoms with Crippen molar-refractivity contribution in [3.63, 3.8) is 0 Å². The van der Waals surface area contributed by atoms with Gasteiger partial charge in [0.15, 0.2) is 0 Å². The van der Waals surface area contributed by atoms with Gasteiger partial charge in [-0.15, -0.1) is 11.6 Å². The summed E-state index contributed by atoms with van der Waals surface area (Å²) >= 11 is 5.26. The highest BCUT2D eigenvalue weighted by Gasteiger charge is 2.16. The molecule has 0 aliphatic rings. The summed E-state index contributed by atoms with van der Waals surface area (Å²) in [6.07, 6.45) is 0. The number of primary amides is 1. The number of alkyl halides is 1. The molecule has 0 unspecified atom stereocenters. The Morgan fingerprint density at radius 2 is 2.09 bits per heavy atom. The number of nitrogens with two attached hydrogens (primary N) is 1. The quantitative estimate of drug-likeness (QED) is 0.554. The summed E-state index contributed by atoms with van der Waals surface area (Å²) in [5.74, 6) is -0.632. The molecule has 0 aliphatic carbocycles. The van der Waals surface area contributed by atoms with Crippen LogP contribution in [0.3, 0.4) is 0 Å². The van der Waals surface area contributed by atoms with Crippen molar-refractivity contribution >= 4 is 23.5 Å². The standard InChI is InChI=1S/C5H9ClN2O3/c6-1-2-8(5(7)11)4(10)3-9/h9H,1-3H2,(H2,7,11). The second-order valence-electron chi connectivity index (χ2n) is 1.73. The third-order valence-electron chi connectivity index (χ3n) is 1.01. The van der Waals surface area contributed by atoms with Crippen molar-refractivity contribution in [2.24, 2.45) is 5.73 Å². The minimum Gasteiger partial charge on any atom is -0.387 e. The van der Waals surface area contributed by atoms with Gasteiger partial charge in [0.2, 0.25) is 0 Å². The molecule has 0 radical (unpaired) electrons. The lowest BCUT2D eigenvalue weighted by Gasteiger charge is -2.14. The van der Waals surface area contributed by atoms with E-state index in [1.807, 2.05) is 0 Å². The lowest BCUT2D eigenvalue weighted by Crippen LogP contribution is -2.43. The smallest absolute Gasteiger partial charge is 0.321 e. The van der Waals surface area contributed by atoms with Crippen molar-refractivity contribution < 1.29 is 14.7 Å². The molecule has 0 heterocycles. The average molecular weight is 181 g/mol. The summed E-state index contributed by atoms with van der Waals surface area (Å²) in [5.41, 5.74) is 4.80. The fourth-order valence-electron chi connectivity index (χ4n) is 0.528. The normalized spacial score (nSPS) is 9.27. The predicted octanol–water partition coefficient (Wildman–Crippen LogP) is -0.875. The van der Waals surface area contributed by atoms with Crippen LogP contribution in [0, 0.1) is 0 Å². The number of halogens is 1. The lowest BCUT2D eigenvalue weighted by atomic mass is 10.5. The van der Waals surface area contributed by atoms with Crippen LogP contribution in [0.2, 0.25) is 0 Å². The largest absolute Gasteiger partial charge is 0.387 e. The molecule has 0 bridgehead atoms. The van der Waals surface area contributed by atoms with E-state index in [0.29, 0.717) is 4.90 Å². The van der Waals surface area contributed by atoms with Gasteiger partial charge in [-0.1, -0.05) is 0 Å². The van der Waals surface area contributed by atoms with Gasteiger partial charge in [0, 0.05) is 12.4 Å². The van der Waals surface area contributed by atoms with E-state index in [1.54, 1.807) is 0 Å². The molecule has 5 nitrogen and oxygen atoms in total. The van der Waals surface area contributed by atoms with E-state index in [4.69, 9.17) is 22.4 Å². The summed E-state index contributed by atoms with van der Waals surface area (Å²) in [7, 11) is 0. The molecule has 64 valence electrons. The summed E-state index contributed by atoms with van der Waals surface area (Å²) in [5, 5.41) is 8.34. The van der Waals surface area contributed by atoms with Crippen molar-refractivity contribution in [1.82, 2.24) is 4.90 Å². The number of amides is 3. The topological polar surface area (TPSA) is 83.6 Å². The molecule has 0 aromatic heterocycles. The molecule has 3 amide bonds. The van der Waals surface area contributed by atoms with Crippen LogP contribution in [0.5, 0.6) is 0 Å². The van der Waals surface area contributed by atoms with Crippen LogP contribution >= 0.6 is 11.6 Å². The number of aliphatic hydroxyl groups excluding tert-OH is 1. The minimum atomic E-state index is -0.898. The van der Waals surface area contributed by atoms with Gasteiger partial charge in [-0.3, -0.25) is 9.69 Å². The van der Waals surface area contributed by atoms with Crippen molar-refractivity contribution in [2.45, 2.75) is 0 Å². The Morgan fingerprint density at radius 1 is 1.55 bits per heavy atom. The van der Waals surface area contributed by atoms with Crippen molar-refractivity contribution in [3.8, 4) is 0 Å². The van der Waals surface area contributed by atoms with Crippen LogP contribution in [0.15, 0.2) is 0 Å². The average Bonchev–Trinajstić information content (AvgIpc) is 1.98. The van der Waals surface area contributed by atoms with Crippen LogP contribution < -0.4 is 5.73 Å². The zero-order chi connectivity index (χ0) is 8.85. The summed E-state index contributed by atoms with van der Waals surface area (Å²) in [6.45, 7) is -0.712. The van der Waals surface area contributed by atoms with Crippen LogP contribution in [0.4, 0.5) is 4.79 Å². The van der Waals surface area contributed by atoms with Gasteiger partial charge in [-0.25, -0.2) is 4.79 Å². The first-order valence-electron chi connectivity index (χ1n) is 2.90. The number of hydrogen-bond donors (Lipinski definition) is 2. The number of urea groups is 1. The molecular formula is C5H9ClN2O3. The number of carbonyl (C=O) groups excluding carboxylic acids is 2. The molecule has 0 aliphatic heterocycles. The molecule has 0 saturated carbocycles. The maximum atomic E-state index is 10.7. The summed E-state index contributed by atoms with van der Waals surface area (Å²) < 4.78 is 0. The second-order valence-corrected chi connectivity index (χ2v) is 2.11. The molecule has 0 spiro atoms. The van der Waals surface area contributed by atoms with E-state index >= 15 is 0 Å². The van der Waals surface area contributed by atoms with Crippen LogP contribution in [0.1, 0.15) is 0 Å². The number of nitrogens with zero attached hydrogens (tertiary/aromatic N) is 1. The van der Waals surface area contributed by atoms with Crippen molar-refractivity contribution in [2.75, 3.05) is 19.0 Å². The molecule has 0 rings (SSSR count). The zero-order valence-corrected chi connectivity index (χ0v) is 6.54. The maximum Gasteiger partial charge on any atom is 0.321 e. The van der Waals surface area contributed by atoms with E-state index in [9.17, 15) is 9.59 Å². The first-order chi connectivity index (χ1) is 5.13. The molecule has 0 aromatic carbocycles. The fourth-order valence-corrected chi connectivity index (χ4v) is 0.697. The van der Waals surface area contributed by atoms with Crippen LogP contribution in [0.25, 0.3) is 0 Å². The summed E-state index contributed by atoms with van der Waals surface area (Å²) in [6, 6.07) is -0.898. The lowest BCUT2D eigenvalue weighted by molar-refractivity contribution is -0.130. The van der Waals surface area contributed by atoms with E-state index in [1.165, 1.54) is 0 Å². The van der Waals surface area contributed by atoms with Crippen LogP contribution in [-0.2, 0) is 4.79 Å². The minimum absolute atomic E-state index is 0.0241. The fraction of sp³-hybridized carbons (Fsp3) is 0.600. The third-order valence-corrected chi connectivity index (χ3v) is 1.18. The molecule has 0 saturated heterocycles. The molecule has 3 N–H and O–H groups in total. The maximum absolute atomic E-state index is 10.7. The van der Waals surface area contributed by atoms with E-state index in [2.05, 4.69) is 0 Å². The molecule has 6 heteroatoms. The first-order valence-corrected chi connectivity index (χ1v) is 3.43. The molecule has 0 fully saturated rings. The summed E-state index contributed by atoms with van der Waals surface area (Å²) in [4.78, 5) is 21.8. The Labute approximate surface area is 68.7 Å².